The summed E-state index contributed by atoms with van der Waals surface area (Å²) < 4.78 is 41.6. The van der Waals surface area contributed by atoms with Gasteiger partial charge in [0.05, 0.1) is 4.90 Å². The van der Waals surface area contributed by atoms with Crippen molar-refractivity contribution in [1.29, 1.82) is 0 Å². The van der Waals surface area contributed by atoms with Crippen molar-refractivity contribution >= 4 is 21.7 Å². The second-order valence-electron chi connectivity index (χ2n) is 7.70. The molecule has 2 aromatic rings. The van der Waals surface area contributed by atoms with Gasteiger partial charge >= 0.3 is 0 Å². The van der Waals surface area contributed by atoms with Gasteiger partial charge in [-0.25, -0.2) is 12.8 Å². The highest BCUT2D eigenvalue weighted by Crippen LogP contribution is 2.26. The Morgan fingerprint density at radius 1 is 1.04 bits per heavy atom. The van der Waals surface area contributed by atoms with Gasteiger partial charge in [-0.05, 0) is 38.1 Å². The number of nitrogens with one attached hydrogen (secondary N) is 2. The first-order valence-electron chi connectivity index (χ1n) is 8.35. The standard InChI is InChI=1S/C18H22FN3O5S/c1-17(2,3)14-10-13(22-27-14)15(23)20-21-16(24)18(4,5)28(25,26)12-8-6-11(19)7-9-12/h6-10H,1-5H3,(H,20,23)(H,21,24). The molecule has 2 rings (SSSR count). The Labute approximate surface area is 162 Å². The molecule has 0 bridgehead atoms. The van der Waals surface area contributed by atoms with Gasteiger partial charge in [-0.2, -0.15) is 0 Å². The van der Waals surface area contributed by atoms with Crippen LogP contribution in [0.1, 0.15) is 50.9 Å². The number of nitrogens with zero attached hydrogens (tertiary/aromatic N) is 1. The van der Waals surface area contributed by atoms with E-state index in [0.29, 0.717) is 5.76 Å². The predicted octanol–water partition coefficient (Wildman–Crippen LogP) is 2.12. The number of carbonyl (C=O) groups excluding carboxylic acids is 2. The summed E-state index contributed by atoms with van der Waals surface area (Å²) in [6.45, 7) is 7.99. The van der Waals surface area contributed by atoms with Gasteiger partial charge in [0.25, 0.3) is 11.8 Å². The molecular formula is C18H22FN3O5S. The van der Waals surface area contributed by atoms with Crippen LogP contribution in [-0.2, 0) is 20.0 Å². The molecule has 2 N–H and O–H groups in total. The van der Waals surface area contributed by atoms with Gasteiger partial charge in [-0.1, -0.05) is 25.9 Å². The molecule has 0 unspecified atom stereocenters. The van der Waals surface area contributed by atoms with Gasteiger partial charge in [0.2, 0.25) is 0 Å². The van der Waals surface area contributed by atoms with Crippen molar-refractivity contribution in [3.05, 3.63) is 47.6 Å². The Morgan fingerprint density at radius 2 is 1.61 bits per heavy atom. The Bertz CT molecular complexity index is 989. The van der Waals surface area contributed by atoms with Crippen LogP contribution in [0.15, 0.2) is 39.8 Å². The van der Waals surface area contributed by atoms with Gasteiger partial charge in [0, 0.05) is 11.5 Å². The van der Waals surface area contributed by atoms with Crippen LogP contribution in [0.4, 0.5) is 4.39 Å². The molecule has 1 aromatic heterocycles. The van der Waals surface area contributed by atoms with E-state index >= 15 is 0 Å². The predicted molar refractivity (Wildman–Crippen MR) is 98.5 cm³/mol. The van der Waals surface area contributed by atoms with Gasteiger partial charge in [-0.3, -0.25) is 20.4 Å². The van der Waals surface area contributed by atoms with E-state index in [2.05, 4.69) is 16.0 Å². The van der Waals surface area contributed by atoms with Crippen molar-refractivity contribution in [1.82, 2.24) is 16.0 Å². The number of carbonyl (C=O) groups is 2. The maximum Gasteiger partial charge on any atom is 0.291 e. The number of hydrogen-bond donors (Lipinski definition) is 2. The molecule has 8 nitrogen and oxygen atoms in total. The monoisotopic (exact) mass is 411 g/mol. The zero-order valence-corrected chi connectivity index (χ0v) is 17.0. The zero-order valence-electron chi connectivity index (χ0n) is 16.2. The molecule has 0 aliphatic rings. The smallest absolute Gasteiger partial charge is 0.291 e. The molecule has 152 valence electrons. The molecule has 0 aliphatic heterocycles. The van der Waals surface area contributed by atoms with Crippen molar-refractivity contribution in [2.75, 3.05) is 0 Å². The molecular weight excluding hydrogens is 389 g/mol. The van der Waals surface area contributed by atoms with Gasteiger partial charge < -0.3 is 4.52 Å². The van der Waals surface area contributed by atoms with E-state index in [1.165, 1.54) is 19.9 Å². The third-order valence-electron chi connectivity index (χ3n) is 4.11. The van der Waals surface area contributed by atoms with E-state index in [0.717, 1.165) is 24.3 Å². The van der Waals surface area contributed by atoms with Crippen molar-refractivity contribution in [2.45, 2.75) is 49.7 Å². The van der Waals surface area contributed by atoms with Crippen LogP contribution in [0.25, 0.3) is 0 Å². The molecule has 0 saturated heterocycles. The minimum absolute atomic E-state index is 0.0653. The average molecular weight is 411 g/mol. The normalized spacial score (nSPS) is 12.5. The second kappa shape index (κ2) is 7.34. The van der Waals surface area contributed by atoms with Crippen LogP contribution in [0.2, 0.25) is 0 Å². The highest BCUT2D eigenvalue weighted by Gasteiger charge is 2.43. The summed E-state index contributed by atoms with van der Waals surface area (Å²) in [6.07, 6.45) is 0. The Hall–Kier alpha value is -2.75. The second-order valence-corrected chi connectivity index (χ2v) is 10.2. The Kier molecular flexibility index (Phi) is 5.65. The number of benzene rings is 1. The lowest BCUT2D eigenvalue weighted by molar-refractivity contribution is -0.123. The average Bonchev–Trinajstić information content (AvgIpc) is 3.10. The van der Waals surface area contributed by atoms with Gasteiger partial charge in [0.1, 0.15) is 11.6 Å². The molecule has 10 heteroatoms. The lowest BCUT2D eigenvalue weighted by Crippen LogP contribution is -2.53. The molecule has 0 aliphatic carbocycles. The summed E-state index contributed by atoms with van der Waals surface area (Å²) in [7, 11) is -4.15. The summed E-state index contributed by atoms with van der Waals surface area (Å²) in [6, 6.07) is 5.55. The zero-order chi connectivity index (χ0) is 21.3. The third kappa shape index (κ3) is 4.22. The highest BCUT2D eigenvalue weighted by molar-refractivity contribution is 7.93. The van der Waals surface area contributed by atoms with E-state index in [-0.39, 0.29) is 16.0 Å². The fourth-order valence-electron chi connectivity index (χ4n) is 2.09. The minimum atomic E-state index is -4.15. The number of hydrazine groups is 1. The fourth-order valence-corrected chi connectivity index (χ4v) is 3.47. The number of hydrogen-bond acceptors (Lipinski definition) is 6. The van der Waals surface area contributed by atoms with E-state index < -0.39 is 32.2 Å². The maximum atomic E-state index is 13.0. The molecule has 28 heavy (non-hydrogen) atoms. The van der Waals surface area contributed by atoms with E-state index in [1.807, 2.05) is 20.8 Å². The van der Waals surface area contributed by atoms with Crippen LogP contribution in [0, 0.1) is 5.82 Å². The molecule has 0 atom stereocenters. The molecule has 1 heterocycles. The topological polar surface area (TPSA) is 118 Å². The number of sulfone groups is 1. The van der Waals surface area contributed by atoms with Crippen molar-refractivity contribution in [3.63, 3.8) is 0 Å². The first-order chi connectivity index (χ1) is 12.8. The Balaban J connectivity index is 2.11. The van der Waals surface area contributed by atoms with Crippen LogP contribution < -0.4 is 10.9 Å². The largest absolute Gasteiger partial charge is 0.360 e. The van der Waals surface area contributed by atoms with E-state index in [9.17, 15) is 22.4 Å². The summed E-state index contributed by atoms with van der Waals surface area (Å²) >= 11 is 0. The van der Waals surface area contributed by atoms with Crippen LogP contribution in [-0.4, -0.2) is 30.1 Å². The Morgan fingerprint density at radius 3 is 2.11 bits per heavy atom. The minimum Gasteiger partial charge on any atom is -0.360 e. The van der Waals surface area contributed by atoms with E-state index in [4.69, 9.17) is 4.52 Å². The highest BCUT2D eigenvalue weighted by atomic mass is 32.2. The molecule has 2 amide bonds. The number of amides is 2. The number of halogens is 1. The molecule has 0 spiro atoms. The van der Waals surface area contributed by atoms with Crippen molar-refractivity contribution in [2.24, 2.45) is 0 Å². The first-order valence-corrected chi connectivity index (χ1v) is 9.83. The SMILES string of the molecule is CC(C)(C)c1cc(C(=O)NNC(=O)C(C)(C)S(=O)(=O)c2ccc(F)cc2)no1. The van der Waals surface area contributed by atoms with Crippen molar-refractivity contribution in [3.8, 4) is 0 Å². The number of aromatic nitrogens is 1. The fraction of sp³-hybridized carbons (Fsp3) is 0.389. The van der Waals surface area contributed by atoms with Crippen LogP contribution in [0.5, 0.6) is 0 Å². The molecule has 0 saturated carbocycles. The summed E-state index contributed by atoms with van der Waals surface area (Å²) in [5, 5.41) is 3.64. The quantitative estimate of drug-likeness (QED) is 0.588. The molecule has 1 aromatic carbocycles. The lowest BCUT2D eigenvalue weighted by atomic mass is 9.93. The number of rotatable bonds is 4. The maximum absolute atomic E-state index is 13.0. The summed E-state index contributed by atoms with van der Waals surface area (Å²) in [4.78, 5) is 24.3. The van der Waals surface area contributed by atoms with Gasteiger partial charge in [0.15, 0.2) is 20.3 Å². The molecule has 0 radical (unpaired) electrons. The van der Waals surface area contributed by atoms with E-state index in [1.54, 1.807) is 0 Å². The summed E-state index contributed by atoms with van der Waals surface area (Å²) in [5.41, 5.74) is 3.77. The van der Waals surface area contributed by atoms with Crippen LogP contribution in [0.3, 0.4) is 0 Å². The lowest BCUT2D eigenvalue weighted by Gasteiger charge is -2.23. The van der Waals surface area contributed by atoms with Crippen LogP contribution >= 0.6 is 0 Å². The van der Waals surface area contributed by atoms with Gasteiger partial charge in [-0.15, -0.1) is 0 Å². The van der Waals surface area contributed by atoms with Crippen molar-refractivity contribution < 1.29 is 26.9 Å². The third-order valence-corrected chi connectivity index (χ3v) is 6.54. The molecule has 0 fully saturated rings. The first kappa shape index (κ1) is 21.5. The summed E-state index contributed by atoms with van der Waals surface area (Å²) in [5.74, 6) is -1.86.